The molecule has 4 heteroatoms. The van der Waals surface area contributed by atoms with Crippen molar-refractivity contribution in [2.24, 2.45) is 5.92 Å². The Labute approximate surface area is 138 Å². The molecule has 2 unspecified atom stereocenters. The van der Waals surface area contributed by atoms with Crippen molar-refractivity contribution in [1.82, 2.24) is 4.90 Å². The molecule has 0 aliphatic carbocycles. The standard InChI is InChI=1S/C19H27NO3/c1-6-23-19(22)18-13(3)7-8-20(18)17(21)11-16-14(4)9-12(2)10-15(16)5/h9-10,13,18H,6-8,11H2,1-5H3. The molecular formula is C19H27NO3. The zero-order chi connectivity index (χ0) is 17.1. The highest BCUT2D eigenvalue weighted by Crippen LogP contribution is 2.27. The zero-order valence-electron chi connectivity index (χ0n) is 14.8. The predicted octanol–water partition coefficient (Wildman–Crippen LogP) is 2.95. The lowest BCUT2D eigenvalue weighted by atomic mass is 9.96. The third-order valence-electron chi connectivity index (χ3n) is 4.72. The molecule has 1 saturated heterocycles. The van der Waals surface area contributed by atoms with Crippen LogP contribution in [-0.2, 0) is 20.7 Å². The van der Waals surface area contributed by atoms with E-state index in [-0.39, 0.29) is 17.8 Å². The van der Waals surface area contributed by atoms with Crippen LogP contribution in [0.4, 0.5) is 0 Å². The number of esters is 1. The molecule has 1 aromatic rings. The van der Waals surface area contributed by atoms with Gasteiger partial charge in [-0.05, 0) is 56.7 Å². The molecule has 1 aliphatic rings. The van der Waals surface area contributed by atoms with Crippen molar-refractivity contribution in [3.8, 4) is 0 Å². The van der Waals surface area contributed by atoms with Crippen molar-refractivity contribution in [3.63, 3.8) is 0 Å². The van der Waals surface area contributed by atoms with E-state index in [1.807, 2.05) is 20.8 Å². The summed E-state index contributed by atoms with van der Waals surface area (Å²) in [5, 5.41) is 0. The van der Waals surface area contributed by atoms with Crippen molar-refractivity contribution in [2.45, 2.75) is 53.5 Å². The molecular weight excluding hydrogens is 290 g/mol. The van der Waals surface area contributed by atoms with Crippen molar-refractivity contribution in [2.75, 3.05) is 13.2 Å². The smallest absolute Gasteiger partial charge is 0.329 e. The van der Waals surface area contributed by atoms with Gasteiger partial charge in [0.2, 0.25) is 5.91 Å². The minimum atomic E-state index is -0.437. The van der Waals surface area contributed by atoms with Gasteiger partial charge in [-0.2, -0.15) is 0 Å². The van der Waals surface area contributed by atoms with E-state index >= 15 is 0 Å². The fourth-order valence-electron chi connectivity index (χ4n) is 3.56. The van der Waals surface area contributed by atoms with Gasteiger partial charge in [-0.1, -0.05) is 24.6 Å². The number of carbonyl (C=O) groups excluding carboxylic acids is 2. The first kappa shape index (κ1) is 17.5. The Balaban J connectivity index is 2.18. The first-order valence-electron chi connectivity index (χ1n) is 8.38. The zero-order valence-corrected chi connectivity index (χ0v) is 14.8. The number of rotatable bonds is 4. The monoisotopic (exact) mass is 317 g/mol. The molecule has 1 aromatic carbocycles. The summed E-state index contributed by atoms with van der Waals surface area (Å²) in [7, 11) is 0. The van der Waals surface area contributed by atoms with Crippen LogP contribution in [0.1, 0.15) is 42.5 Å². The number of hydrogen-bond acceptors (Lipinski definition) is 3. The molecule has 1 aliphatic heterocycles. The first-order chi connectivity index (χ1) is 10.8. The van der Waals surface area contributed by atoms with E-state index in [9.17, 15) is 9.59 Å². The molecule has 23 heavy (non-hydrogen) atoms. The number of nitrogens with zero attached hydrogens (tertiary/aromatic N) is 1. The van der Waals surface area contributed by atoms with E-state index < -0.39 is 6.04 Å². The maximum absolute atomic E-state index is 12.8. The Morgan fingerprint density at radius 3 is 2.39 bits per heavy atom. The van der Waals surface area contributed by atoms with Crippen LogP contribution in [0.15, 0.2) is 12.1 Å². The van der Waals surface area contributed by atoms with Crippen molar-refractivity contribution in [3.05, 3.63) is 34.4 Å². The summed E-state index contributed by atoms with van der Waals surface area (Å²) < 4.78 is 5.16. The van der Waals surface area contributed by atoms with Gasteiger partial charge in [0.25, 0.3) is 0 Å². The summed E-state index contributed by atoms with van der Waals surface area (Å²) in [5.74, 6) is -0.108. The minimum Gasteiger partial charge on any atom is -0.464 e. The first-order valence-corrected chi connectivity index (χ1v) is 8.38. The Hall–Kier alpha value is -1.84. The highest BCUT2D eigenvalue weighted by molar-refractivity contribution is 5.87. The Bertz CT molecular complexity index is 586. The molecule has 0 saturated carbocycles. The second-order valence-electron chi connectivity index (χ2n) is 6.60. The molecule has 1 amide bonds. The Morgan fingerprint density at radius 2 is 1.83 bits per heavy atom. The molecule has 0 N–H and O–H groups in total. The summed E-state index contributed by atoms with van der Waals surface area (Å²) in [6.45, 7) is 10.9. The average Bonchev–Trinajstić information content (AvgIpc) is 2.84. The topological polar surface area (TPSA) is 46.6 Å². The average molecular weight is 317 g/mol. The molecule has 2 atom stereocenters. The van der Waals surface area contributed by atoms with Gasteiger partial charge < -0.3 is 9.64 Å². The maximum atomic E-state index is 12.8. The summed E-state index contributed by atoms with van der Waals surface area (Å²) in [4.78, 5) is 26.7. The maximum Gasteiger partial charge on any atom is 0.329 e. The predicted molar refractivity (Wildman–Crippen MR) is 90.3 cm³/mol. The van der Waals surface area contributed by atoms with Crippen LogP contribution in [-0.4, -0.2) is 36.0 Å². The lowest BCUT2D eigenvalue weighted by Crippen LogP contribution is -2.44. The van der Waals surface area contributed by atoms with E-state index in [0.29, 0.717) is 19.6 Å². The van der Waals surface area contributed by atoms with Crippen LogP contribution in [0.2, 0.25) is 0 Å². The number of aryl methyl sites for hydroxylation is 3. The highest BCUT2D eigenvalue weighted by Gasteiger charge is 2.40. The number of hydrogen-bond donors (Lipinski definition) is 0. The van der Waals surface area contributed by atoms with Crippen molar-refractivity contribution < 1.29 is 14.3 Å². The van der Waals surface area contributed by atoms with E-state index in [4.69, 9.17) is 4.74 Å². The van der Waals surface area contributed by atoms with Crippen LogP contribution < -0.4 is 0 Å². The summed E-state index contributed by atoms with van der Waals surface area (Å²) in [6, 6.07) is 3.77. The van der Waals surface area contributed by atoms with Crippen LogP contribution in [0, 0.1) is 26.7 Å². The molecule has 4 nitrogen and oxygen atoms in total. The van der Waals surface area contributed by atoms with Gasteiger partial charge in [-0.25, -0.2) is 4.79 Å². The van der Waals surface area contributed by atoms with Crippen LogP contribution in [0.5, 0.6) is 0 Å². The van der Waals surface area contributed by atoms with Crippen molar-refractivity contribution >= 4 is 11.9 Å². The van der Waals surface area contributed by atoms with E-state index in [1.165, 1.54) is 5.56 Å². The largest absolute Gasteiger partial charge is 0.464 e. The molecule has 1 fully saturated rings. The lowest BCUT2D eigenvalue weighted by Gasteiger charge is -2.26. The van der Waals surface area contributed by atoms with Crippen LogP contribution in [0.25, 0.3) is 0 Å². The SMILES string of the molecule is CCOC(=O)C1C(C)CCN1C(=O)Cc1c(C)cc(C)cc1C. The summed E-state index contributed by atoms with van der Waals surface area (Å²) in [6.07, 6.45) is 1.20. The number of benzene rings is 1. The third-order valence-corrected chi connectivity index (χ3v) is 4.72. The van der Waals surface area contributed by atoms with Gasteiger partial charge in [0.05, 0.1) is 13.0 Å². The van der Waals surface area contributed by atoms with Gasteiger partial charge in [0.1, 0.15) is 6.04 Å². The number of amides is 1. The Morgan fingerprint density at radius 1 is 1.22 bits per heavy atom. The summed E-state index contributed by atoms with van der Waals surface area (Å²) >= 11 is 0. The Kier molecular flexibility index (Phi) is 5.45. The van der Waals surface area contributed by atoms with Gasteiger partial charge >= 0.3 is 5.97 Å². The van der Waals surface area contributed by atoms with Crippen LogP contribution >= 0.6 is 0 Å². The fraction of sp³-hybridized carbons (Fsp3) is 0.579. The minimum absolute atomic E-state index is 0.0162. The van der Waals surface area contributed by atoms with Gasteiger partial charge in [0, 0.05) is 6.54 Å². The van der Waals surface area contributed by atoms with Gasteiger partial charge in [-0.3, -0.25) is 4.79 Å². The molecule has 2 rings (SSSR count). The highest BCUT2D eigenvalue weighted by atomic mass is 16.5. The van der Waals surface area contributed by atoms with Crippen LogP contribution in [0.3, 0.4) is 0 Å². The normalized spacial score (nSPS) is 20.7. The second-order valence-corrected chi connectivity index (χ2v) is 6.60. The summed E-state index contributed by atoms with van der Waals surface area (Å²) in [5.41, 5.74) is 4.55. The van der Waals surface area contributed by atoms with Gasteiger partial charge in [0.15, 0.2) is 0 Å². The number of ether oxygens (including phenoxy) is 1. The third kappa shape index (κ3) is 3.74. The van der Waals surface area contributed by atoms with Crippen molar-refractivity contribution in [1.29, 1.82) is 0 Å². The second kappa shape index (κ2) is 7.16. The van der Waals surface area contributed by atoms with E-state index in [1.54, 1.807) is 11.8 Å². The molecule has 1 heterocycles. The fourth-order valence-corrected chi connectivity index (χ4v) is 3.56. The molecule has 0 aromatic heterocycles. The lowest BCUT2D eigenvalue weighted by molar-refractivity contribution is -0.154. The molecule has 0 spiro atoms. The quantitative estimate of drug-likeness (QED) is 0.802. The molecule has 126 valence electrons. The van der Waals surface area contributed by atoms with E-state index in [2.05, 4.69) is 19.1 Å². The molecule has 0 bridgehead atoms. The molecule has 0 radical (unpaired) electrons. The van der Waals surface area contributed by atoms with E-state index in [0.717, 1.165) is 23.1 Å². The number of carbonyl (C=O) groups is 2. The number of likely N-dealkylation sites (tertiary alicyclic amines) is 1. The van der Waals surface area contributed by atoms with Gasteiger partial charge in [-0.15, -0.1) is 0 Å².